The largest absolute Gasteiger partial charge is 0.495 e. The third-order valence-electron chi connectivity index (χ3n) is 2.00. The molecule has 4 nitrogen and oxygen atoms in total. The van der Waals surface area contributed by atoms with Crippen LogP contribution in [0.2, 0.25) is 0 Å². The Balaban J connectivity index is 3.05. The first-order valence-electron chi connectivity index (χ1n) is 4.63. The molecule has 1 aromatic rings. The molecule has 2 atom stereocenters. The van der Waals surface area contributed by atoms with E-state index in [9.17, 15) is 4.21 Å². The van der Waals surface area contributed by atoms with E-state index in [1.54, 1.807) is 12.1 Å². The van der Waals surface area contributed by atoms with E-state index in [0.29, 0.717) is 10.6 Å². The van der Waals surface area contributed by atoms with Gasteiger partial charge in [-0.2, -0.15) is 0 Å². The van der Waals surface area contributed by atoms with Crippen molar-refractivity contribution in [1.29, 1.82) is 0 Å². The Morgan fingerprint density at radius 1 is 1.53 bits per heavy atom. The molecule has 0 amide bonds. The Morgan fingerprint density at radius 3 is 2.67 bits per heavy atom. The summed E-state index contributed by atoms with van der Waals surface area (Å²) in [7, 11) is -0.00659. The molecule has 5 heteroatoms. The summed E-state index contributed by atoms with van der Waals surface area (Å²) >= 11 is 0. The van der Waals surface area contributed by atoms with Gasteiger partial charge in [-0.25, -0.2) is 9.35 Å². The summed E-state index contributed by atoms with van der Waals surface area (Å²) in [6, 6.07) is 5.51. The first kappa shape index (κ1) is 12.2. The van der Waals surface area contributed by atoms with Gasteiger partial charge in [-0.05, 0) is 31.0 Å². The summed E-state index contributed by atoms with van der Waals surface area (Å²) in [5.41, 5.74) is 6.70. The van der Waals surface area contributed by atoms with Crippen LogP contribution >= 0.6 is 0 Å². The predicted octanol–water partition coefficient (Wildman–Crippen LogP) is 0.566. The summed E-state index contributed by atoms with van der Waals surface area (Å²) < 4.78 is 16.3. The average molecular weight is 228 g/mol. The first-order chi connectivity index (χ1) is 7.04. The molecule has 15 heavy (non-hydrogen) atoms. The van der Waals surface area contributed by atoms with Crippen LogP contribution in [0.15, 0.2) is 23.1 Å². The fraction of sp³-hybridized carbons (Fsp3) is 0.400. The maximum atomic E-state index is 11.2. The topological polar surface area (TPSA) is 78.3 Å². The van der Waals surface area contributed by atoms with Crippen molar-refractivity contribution in [2.24, 2.45) is 10.9 Å². The number of nitrogens with two attached hydrogens (primary N) is 2. The number of methoxy groups -OCH3 is 1. The summed E-state index contributed by atoms with van der Waals surface area (Å²) in [5, 5.41) is 5.35. The molecule has 1 unspecified atom stereocenters. The van der Waals surface area contributed by atoms with Crippen molar-refractivity contribution in [2.45, 2.75) is 24.3 Å². The van der Waals surface area contributed by atoms with Crippen LogP contribution in [-0.2, 0) is 17.4 Å². The van der Waals surface area contributed by atoms with Crippen molar-refractivity contribution in [3.63, 3.8) is 0 Å². The zero-order valence-corrected chi connectivity index (χ0v) is 9.71. The zero-order valence-electron chi connectivity index (χ0n) is 8.90. The second-order valence-corrected chi connectivity index (χ2v) is 4.50. The van der Waals surface area contributed by atoms with Gasteiger partial charge < -0.3 is 10.5 Å². The summed E-state index contributed by atoms with van der Waals surface area (Å²) in [4.78, 5) is 0.510. The number of ether oxygens (including phenoxy) is 1. The lowest BCUT2D eigenvalue weighted by Gasteiger charge is -2.09. The molecule has 84 valence electrons. The van der Waals surface area contributed by atoms with Crippen molar-refractivity contribution in [3.8, 4) is 5.75 Å². The highest BCUT2D eigenvalue weighted by Gasteiger charge is 2.09. The Hall–Kier alpha value is -0.910. The molecule has 0 saturated carbocycles. The summed E-state index contributed by atoms with van der Waals surface area (Å²) in [6.07, 6.45) is 0.730. The van der Waals surface area contributed by atoms with E-state index in [4.69, 9.17) is 15.6 Å². The van der Waals surface area contributed by atoms with Crippen molar-refractivity contribution in [1.82, 2.24) is 0 Å². The molecule has 0 spiro atoms. The van der Waals surface area contributed by atoms with Gasteiger partial charge in [0.1, 0.15) is 16.7 Å². The highest BCUT2D eigenvalue weighted by Crippen LogP contribution is 2.22. The Labute approximate surface area is 92.2 Å². The van der Waals surface area contributed by atoms with Crippen molar-refractivity contribution in [3.05, 3.63) is 23.8 Å². The minimum Gasteiger partial charge on any atom is -0.495 e. The van der Waals surface area contributed by atoms with E-state index in [1.165, 1.54) is 7.11 Å². The summed E-state index contributed by atoms with van der Waals surface area (Å²) in [5.74, 6) is 0.546. The van der Waals surface area contributed by atoms with Gasteiger partial charge in [0.15, 0.2) is 0 Å². The quantitative estimate of drug-likeness (QED) is 0.790. The second-order valence-electron chi connectivity index (χ2n) is 3.46. The minimum absolute atomic E-state index is 0.0671. The molecule has 0 radical (unpaired) electrons. The van der Waals surface area contributed by atoms with E-state index >= 15 is 0 Å². The number of hydrogen-bond acceptors (Lipinski definition) is 3. The van der Waals surface area contributed by atoms with E-state index in [1.807, 2.05) is 13.0 Å². The molecule has 4 N–H and O–H groups in total. The number of benzene rings is 1. The second kappa shape index (κ2) is 5.25. The monoisotopic (exact) mass is 228 g/mol. The highest BCUT2D eigenvalue weighted by molar-refractivity contribution is 7.82. The van der Waals surface area contributed by atoms with Gasteiger partial charge in [0.2, 0.25) is 0 Å². The number of rotatable bonds is 4. The molecule has 0 aliphatic rings. The van der Waals surface area contributed by atoms with Gasteiger partial charge in [-0.1, -0.05) is 6.07 Å². The van der Waals surface area contributed by atoms with E-state index in [0.717, 1.165) is 12.0 Å². The molecule has 0 aliphatic carbocycles. The molecule has 0 saturated heterocycles. The Bertz CT molecular complexity index is 366. The summed E-state index contributed by atoms with van der Waals surface area (Å²) in [6.45, 7) is 1.92. The van der Waals surface area contributed by atoms with Crippen LogP contribution in [0.25, 0.3) is 0 Å². The van der Waals surface area contributed by atoms with Crippen molar-refractivity contribution in [2.75, 3.05) is 7.11 Å². The average Bonchev–Trinajstić information content (AvgIpc) is 2.16. The van der Waals surface area contributed by atoms with Gasteiger partial charge >= 0.3 is 0 Å². The van der Waals surface area contributed by atoms with Gasteiger partial charge in [-0.15, -0.1) is 0 Å². The van der Waals surface area contributed by atoms with Crippen molar-refractivity contribution >= 4 is 11.0 Å². The molecule has 0 fully saturated rings. The molecule has 1 rings (SSSR count). The molecule has 1 aromatic carbocycles. The number of hydrogen-bond donors (Lipinski definition) is 2. The van der Waals surface area contributed by atoms with Crippen LogP contribution in [0.5, 0.6) is 5.75 Å². The maximum absolute atomic E-state index is 11.2. The highest BCUT2D eigenvalue weighted by atomic mass is 32.2. The third kappa shape index (κ3) is 3.30. The molecular weight excluding hydrogens is 212 g/mol. The van der Waals surface area contributed by atoms with Crippen LogP contribution in [-0.4, -0.2) is 17.4 Å². The van der Waals surface area contributed by atoms with Gasteiger partial charge in [0.05, 0.1) is 12.0 Å². The predicted molar refractivity (Wildman–Crippen MR) is 60.9 cm³/mol. The fourth-order valence-electron chi connectivity index (χ4n) is 1.38. The van der Waals surface area contributed by atoms with Crippen LogP contribution in [0.1, 0.15) is 12.5 Å². The Morgan fingerprint density at radius 2 is 2.20 bits per heavy atom. The van der Waals surface area contributed by atoms with E-state index in [-0.39, 0.29) is 6.04 Å². The zero-order chi connectivity index (χ0) is 11.4. The molecule has 0 bridgehead atoms. The van der Waals surface area contributed by atoms with Crippen LogP contribution < -0.4 is 15.6 Å². The standard InChI is InChI=1S/C10H16N2O2S/c1-7(11)5-8-3-4-9(14-2)10(6-8)15(12)13/h3-4,6-7H,5,11-12H2,1-2H3/t7-,15?/m1/s1. The molecule has 0 heterocycles. The van der Waals surface area contributed by atoms with E-state index < -0.39 is 11.0 Å². The first-order valence-corrected chi connectivity index (χ1v) is 5.84. The van der Waals surface area contributed by atoms with Crippen LogP contribution in [0, 0.1) is 0 Å². The lowest BCUT2D eigenvalue weighted by molar-refractivity contribution is 0.403. The smallest absolute Gasteiger partial charge is 0.136 e. The van der Waals surface area contributed by atoms with Gasteiger partial charge in [0.25, 0.3) is 0 Å². The normalized spacial score (nSPS) is 14.7. The molecule has 0 aromatic heterocycles. The molecule has 0 aliphatic heterocycles. The maximum Gasteiger partial charge on any atom is 0.136 e. The van der Waals surface area contributed by atoms with Gasteiger partial charge in [0, 0.05) is 6.04 Å². The van der Waals surface area contributed by atoms with Crippen molar-refractivity contribution < 1.29 is 8.95 Å². The molecular formula is C10H16N2O2S. The van der Waals surface area contributed by atoms with E-state index in [2.05, 4.69) is 0 Å². The van der Waals surface area contributed by atoms with Gasteiger partial charge in [-0.3, -0.25) is 0 Å². The van der Waals surface area contributed by atoms with Crippen LogP contribution in [0.3, 0.4) is 0 Å². The van der Waals surface area contributed by atoms with Crippen LogP contribution in [0.4, 0.5) is 0 Å². The third-order valence-corrected chi connectivity index (χ3v) is 2.75. The lowest BCUT2D eigenvalue weighted by atomic mass is 10.1. The minimum atomic E-state index is -1.53. The fourth-order valence-corrected chi connectivity index (χ4v) is 1.99. The Kier molecular flexibility index (Phi) is 4.26. The SMILES string of the molecule is COc1ccc(C[C@@H](C)N)cc1S(N)=O. The lowest BCUT2D eigenvalue weighted by Crippen LogP contribution is -2.18.